The Kier molecular flexibility index (Phi) is 8.44. The average Bonchev–Trinajstić information content (AvgIpc) is 2.66. The first-order valence-corrected chi connectivity index (χ1v) is 8.72. The molecule has 0 bridgehead atoms. The lowest BCUT2D eigenvalue weighted by Crippen LogP contribution is -2.49. The smallest absolute Gasteiger partial charge is 0.234 e. The van der Waals surface area contributed by atoms with Crippen LogP contribution >= 0.6 is 12.4 Å². The monoisotopic (exact) mass is 394 g/mol. The fraction of sp³-hybridized carbons (Fsp3) is 0.368. The largest absolute Gasteiger partial charge is 0.492 e. The van der Waals surface area contributed by atoms with Gasteiger partial charge in [0.15, 0.2) is 0 Å². The summed E-state index contributed by atoms with van der Waals surface area (Å²) >= 11 is 0. The van der Waals surface area contributed by atoms with E-state index in [-0.39, 0.29) is 30.2 Å². The number of halogens is 2. The topological polar surface area (TPSA) is 66.5 Å². The number of ether oxygens (including phenoxy) is 1. The van der Waals surface area contributed by atoms with Crippen LogP contribution in [0.25, 0.3) is 0 Å². The van der Waals surface area contributed by atoms with E-state index in [0.717, 1.165) is 25.2 Å². The van der Waals surface area contributed by atoms with E-state index < -0.39 is 0 Å². The van der Waals surface area contributed by atoms with Crippen LogP contribution in [-0.2, 0) is 4.79 Å². The molecular formula is C19H24ClFN4O2. The first-order chi connectivity index (χ1) is 12.7. The van der Waals surface area contributed by atoms with Crippen molar-refractivity contribution in [2.75, 3.05) is 39.3 Å². The van der Waals surface area contributed by atoms with E-state index in [0.29, 0.717) is 25.4 Å². The summed E-state index contributed by atoms with van der Waals surface area (Å²) in [4.78, 5) is 18.6. The molecule has 1 aliphatic rings. The number of benzene rings is 1. The van der Waals surface area contributed by atoms with Gasteiger partial charge in [-0.1, -0.05) is 12.1 Å². The van der Waals surface area contributed by atoms with Crippen LogP contribution in [0, 0.1) is 5.82 Å². The predicted molar refractivity (Wildman–Crippen MR) is 104 cm³/mol. The predicted octanol–water partition coefficient (Wildman–Crippen LogP) is 1.78. The Bertz CT molecular complexity index is 720. The Morgan fingerprint density at radius 1 is 1.37 bits per heavy atom. The number of hydrogen-bond acceptors (Lipinski definition) is 5. The quantitative estimate of drug-likeness (QED) is 0.701. The normalized spacial score (nSPS) is 17.0. The van der Waals surface area contributed by atoms with Gasteiger partial charge in [0.05, 0.1) is 13.1 Å². The highest BCUT2D eigenvalue weighted by Gasteiger charge is 2.25. The number of rotatable bonds is 7. The van der Waals surface area contributed by atoms with E-state index in [4.69, 9.17) is 4.74 Å². The number of hydrogen-bond donors (Lipinski definition) is 2. The van der Waals surface area contributed by atoms with Gasteiger partial charge >= 0.3 is 0 Å². The average molecular weight is 395 g/mol. The van der Waals surface area contributed by atoms with E-state index in [1.807, 2.05) is 18.3 Å². The maximum atomic E-state index is 13.1. The highest BCUT2D eigenvalue weighted by atomic mass is 35.5. The van der Waals surface area contributed by atoms with Crippen molar-refractivity contribution in [1.29, 1.82) is 0 Å². The Morgan fingerprint density at radius 3 is 3.04 bits per heavy atom. The number of aromatic nitrogens is 1. The van der Waals surface area contributed by atoms with Crippen molar-refractivity contribution in [1.82, 2.24) is 20.5 Å². The van der Waals surface area contributed by atoms with Gasteiger partial charge in [-0.05, 0) is 23.8 Å². The number of nitrogens with one attached hydrogen (secondary N) is 2. The SMILES string of the molecule is Cl.O=C(CN1CCNCC1c1cccnc1)NCCOc1cccc(F)c1. The zero-order valence-electron chi connectivity index (χ0n) is 14.9. The molecule has 0 radical (unpaired) electrons. The highest BCUT2D eigenvalue weighted by Crippen LogP contribution is 2.20. The summed E-state index contributed by atoms with van der Waals surface area (Å²) in [6.45, 7) is 3.43. The molecule has 146 valence electrons. The third-order valence-corrected chi connectivity index (χ3v) is 4.26. The molecule has 1 saturated heterocycles. The van der Waals surface area contributed by atoms with Crippen LogP contribution in [0.3, 0.4) is 0 Å². The van der Waals surface area contributed by atoms with Crippen LogP contribution in [0.4, 0.5) is 4.39 Å². The van der Waals surface area contributed by atoms with Crippen molar-refractivity contribution in [3.05, 3.63) is 60.2 Å². The summed E-state index contributed by atoms with van der Waals surface area (Å²) in [5.41, 5.74) is 1.10. The molecule has 2 heterocycles. The van der Waals surface area contributed by atoms with Crippen molar-refractivity contribution in [3.63, 3.8) is 0 Å². The first-order valence-electron chi connectivity index (χ1n) is 8.72. The van der Waals surface area contributed by atoms with Gasteiger partial charge in [0.2, 0.25) is 5.91 Å². The summed E-state index contributed by atoms with van der Waals surface area (Å²) in [6, 6.07) is 10.0. The Labute approximate surface area is 164 Å². The number of nitrogens with zero attached hydrogens (tertiary/aromatic N) is 2. The van der Waals surface area contributed by atoms with Gasteiger partial charge in [-0.15, -0.1) is 12.4 Å². The summed E-state index contributed by atoms with van der Waals surface area (Å²) in [5.74, 6) is 0.0633. The minimum absolute atomic E-state index is 0. The van der Waals surface area contributed by atoms with Gasteiger partial charge in [-0.25, -0.2) is 4.39 Å². The maximum Gasteiger partial charge on any atom is 0.234 e. The summed E-state index contributed by atoms with van der Waals surface area (Å²) in [6.07, 6.45) is 3.59. The third-order valence-electron chi connectivity index (χ3n) is 4.26. The molecular weight excluding hydrogens is 371 g/mol. The van der Waals surface area contributed by atoms with Crippen molar-refractivity contribution in [2.45, 2.75) is 6.04 Å². The van der Waals surface area contributed by atoms with Crippen molar-refractivity contribution in [2.24, 2.45) is 0 Å². The lowest BCUT2D eigenvalue weighted by molar-refractivity contribution is -0.123. The molecule has 27 heavy (non-hydrogen) atoms. The minimum atomic E-state index is -0.341. The molecule has 1 aromatic carbocycles. The van der Waals surface area contributed by atoms with E-state index in [1.54, 1.807) is 18.3 Å². The van der Waals surface area contributed by atoms with Gasteiger partial charge < -0.3 is 15.4 Å². The number of pyridine rings is 1. The molecule has 0 spiro atoms. The van der Waals surface area contributed by atoms with Crippen molar-refractivity contribution >= 4 is 18.3 Å². The summed E-state index contributed by atoms with van der Waals surface area (Å²) < 4.78 is 18.5. The molecule has 1 unspecified atom stereocenters. The van der Waals surface area contributed by atoms with Crippen LogP contribution in [0.5, 0.6) is 5.75 Å². The molecule has 1 aromatic heterocycles. The second kappa shape index (κ2) is 10.8. The summed E-state index contributed by atoms with van der Waals surface area (Å²) in [5, 5.41) is 6.21. The maximum absolute atomic E-state index is 13.1. The van der Waals surface area contributed by atoms with Gasteiger partial charge in [-0.2, -0.15) is 0 Å². The fourth-order valence-electron chi connectivity index (χ4n) is 2.99. The third kappa shape index (κ3) is 6.46. The second-order valence-electron chi connectivity index (χ2n) is 6.13. The van der Waals surface area contributed by atoms with Gasteiger partial charge in [0.25, 0.3) is 0 Å². The van der Waals surface area contributed by atoms with Gasteiger partial charge in [0.1, 0.15) is 18.2 Å². The van der Waals surface area contributed by atoms with Crippen molar-refractivity contribution < 1.29 is 13.9 Å². The number of amides is 1. The van der Waals surface area contributed by atoms with E-state index >= 15 is 0 Å². The molecule has 8 heteroatoms. The molecule has 1 atom stereocenters. The van der Waals surface area contributed by atoms with Gasteiger partial charge in [0, 0.05) is 44.1 Å². The number of piperazine rings is 1. The van der Waals surface area contributed by atoms with Gasteiger partial charge in [-0.3, -0.25) is 14.7 Å². The first kappa shape index (κ1) is 21.1. The van der Waals surface area contributed by atoms with Crippen LogP contribution < -0.4 is 15.4 Å². The molecule has 3 rings (SSSR count). The summed E-state index contributed by atoms with van der Waals surface area (Å²) in [7, 11) is 0. The molecule has 1 aliphatic heterocycles. The van der Waals surface area contributed by atoms with Crippen LogP contribution in [-0.4, -0.2) is 55.1 Å². The molecule has 0 saturated carbocycles. The lowest BCUT2D eigenvalue weighted by Gasteiger charge is -2.35. The number of carbonyl (C=O) groups is 1. The van der Waals surface area contributed by atoms with E-state index in [1.165, 1.54) is 12.1 Å². The molecule has 2 aromatic rings. The molecule has 0 aliphatic carbocycles. The Hall–Kier alpha value is -2.22. The Morgan fingerprint density at radius 2 is 2.26 bits per heavy atom. The van der Waals surface area contributed by atoms with Crippen LogP contribution in [0.15, 0.2) is 48.8 Å². The standard InChI is InChI=1S/C19H23FN4O2.ClH/c20-16-4-1-5-17(11-16)26-10-8-23-19(25)14-24-9-7-22-13-18(24)15-3-2-6-21-12-15;/h1-6,11-12,18,22H,7-10,13-14H2,(H,23,25);1H. The minimum Gasteiger partial charge on any atom is -0.492 e. The van der Waals surface area contributed by atoms with Crippen LogP contribution in [0.1, 0.15) is 11.6 Å². The molecule has 1 amide bonds. The van der Waals surface area contributed by atoms with Crippen molar-refractivity contribution in [3.8, 4) is 5.75 Å². The van der Waals surface area contributed by atoms with E-state index in [2.05, 4.69) is 20.5 Å². The molecule has 2 N–H and O–H groups in total. The lowest BCUT2D eigenvalue weighted by atomic mass is 10.1. The van der Waals surface area contributed by atoms with Crippen LogP contribution in [0.2, 0.25) is 0 Å². The zero-order valence-corrected chi connectivity index (χ0v) is 15.8. The zero-order chi connectivity index (χ0) is 18.2. The van der Waals surface area contributed by atoms with E-state index in [9.17, 15) is 9.18 Å². The highest BCUT2D eigenvalue weighted by molar-refractivity contribution is 5.85. The molecule has 1 fully saturated rings. The molecule has 6 nitrogen and oxygen atoms in total. The number of carbonyl (C=O) groups excluding carboxylic acids is 1. The Balaban J connectivity index is 0.00000261. The fourth-order valence-corrected chi connectivity index (χ4v) is 2.99. The second-order valence-corrected chi connectivity index (χ2v) is 6.13.